The molecule has 0 aromatic heterocycles. The second kappa shape index (κ2) is 9.61. The molecule has 1 aromatic rings. The third-order valence-corrected chi connectivity index (χ3v) is 5.81. The third kappa shape index (κ3) is 5.99. The minimum absolute atomic E-state index is 0.0127. The Morgan fingerprint density at radius 2 is 1.96 bits per heavy atom. The van der Waals surface area contributed by atoms with Crippen molar-refractivity contribution in [3.8, 4) is 11.5 Å². The zero-order chi connectivity index (χ0) is 20.0. The van der Waals surface area contributed by atoms with Gasteiger partial charge in [-0.25, -0.2) is 0 Å². The summed E-state index contributed by atoms with van der Waals surface area (Å²) in [5.41, 5.74) is 1.95. The van der Waals surface area contributed by atoms with Gasteiger partial charge in [-0.2, -0.15) is 0 Å². The average Bonchev–Trinajstić information content (AvgIpc) is 2.58. The van der Waals surface area contributed by atoms with E-state index in [1.54, 1.807) is 0 Å². The number of carbonyl (C=O) groups excluding carboxylic acids is 1. The number of ketones is 1. The Balaban J connectivity index is 2.32. The molecule has 0 heterocycles. The van der Waals surface area contributed by atoms with E-state index in [-0.39, 0.29) is 17.4 Å². The molecule has 1 atom stereocenters. The highest BCUT2D eigenvalue weighted by atomic mass is 16.5. The number of unbranched alkanes of at least 4 members (excludes halogenated alkanes) is 3. The number of aromatic hydroxyl groups is 1. The summed E-state index contributed by atoms with van der Waals surface area (Å²) < 4.78 is 6.12. The first-order valence-electron chi connectivity index (χ1n) is 10.8. The van der Waals surface area contributed by atoms with E-state index in [0.29, 0.717) is 24.4 Å². The largest absolute Gasteiger partial charge is 0.508 e. The molecule has 1 fully saturated rings. The van der Waals surface area contributed by atoms with Crippen molar-refractivity contribution in [2.75, 3.05) is 0 Å². The number of rotatable bonds is 9. The van der Waals surface area contributed by atoms with Crippen LogP contribution in [-0.4, -0.2) is 17.0 Å². The lowest BCUT2D eigenvalue weighted by molar-refractivity contribution is -0.120. The summed E-state index contributed by atoms with van der Waals surface area (Å²) in [6.07, 6.45) is 9.11. The molecule has 0 radical (unpaired) electrons. The standard InChI is InChI=1S/C24H38O3/c1-6-7-8-9-13-24(4,5)19-15-21(26)23(22(16-19)27-17(2)3)18-11-10-12-20(25)14-18/h15-18,26H,6-14H2,1-5H3. The van der Waals surface area contributed by atoms with Crippen LogP contribution in [0.2, 0.25) is 0 Å². The van der Waals surface area contributed by atoms with E-state index in [9.17, 15) is 9.90 Å². The fraction of sp³-hybridized carbons (Fsp3) is 0.708. The molecule has 0 saturated heterocycles. The molecule has 0 bridgehead atoms. The third-order valence-electron chi connectivity index (χ3n) is 5.81. The van der Waals surface area contributed by atoms with Gasteiger partial charge >= 0.3 is 0 Å². The number of ether oxygens (including phenoxy) is 1. The van der Waals surface area contributed by atoms with Crippen molar-refractivity contribution in [2.24, 2.45) is 0 Å². The van der Waals surface area contributed by atoms with Crippen LogP contribution < -0.4 is 4.74 Å². The molecule has 1 saturated carbocycles. The molecule has 1 aliphatic carbocycles. The van der Waals surface area contributed by atoms with Gasteiger partial charge < -0.3 is 9.84 Å². The van der Waals surface area contributed by atoms with Gasteiger partial charge in [0.2, 0.25) is 0 Å². The van der Waals surface area contributed by atoms with Crippen molar-refractivity contribution in [3.05, 3.63) is 23.3 Å². The maximum Gasteiger partial charge on any atom is 0.133 e. The Labute approximate surface area is 165 Å². The van der Waals surface area contributed by atoms with Gasteiger partial charge in [0.25, 0.3) is 0 Å². The minimum atomic E-state index is -0.0127. The van der Waals surface area contributed by atoms with Crippen LogP contribution >= 0.6 is 0 Å². The van der Waals surface area contributed by atoms with Gasteiger partial charge in [0, 0.05) is 18.4 Å². The SMILES string of the molecule is CCCCCCC(C)(C)c1cc(O)c(C2CCCC(=O)C2)c(OC(C)C)c1. The monoisotopic (exact) mass is 374 g/mol. The van der Waals surface area contributed by atoms with Crippen molar-refractivity contribution in [3.63, 3.8) is 0 Å². The van der Waals surface area contributed by atoms with Crippen LogP contribution in [0.25, 0.3) is 0 Å². The number of phenols is 1. The normalized spacial score (nSPS) is 18.1. The summed E-state index contributed by atoms with van der Waals surface area (Å²) in [7, 11) is 0. The Hall–Kier alpha value is -1.51. The van der Waals surface area contributed by atoms with E-state index in [2.05, 4.69) is 26.8 Å². The molecule has 3 heteroatoms. The smallest absolute Gasteiger partial charge is 0.133 e. The first-order valence-corrected chi connectivity index (χ1v) is 10.8. The molecule has 152 valence electrons. The zero-order valence-corrected chi connectivity index (χ0v) is 17.9. The summed E-state index contributed by atoms with van der Waals surface area (Å²) in [6, 6.07) is 4.04. The Bertz CT molecular complexity index is 631. The summed E-state index contributed by atoms with van der Waals surface area (Å²) >= 11 is 0. The number of benzene rings is 1. The van der Waals surface area contributed by atoms with E-state index in [0.717, 1.165) is 36.1 Å². The molecule has 0 aliphatic heterocycles. The van der Waals surface area contributed by atoms with E-state index in [4.69, 9.17) is 4.74 Å². The predicted molar refractivity (Wildman–Crippen MR) is 112 cm³/mol. The summed E-state index contributed by atoms with van der Waals surface area (Å²) in [6.45, 7) is 10.7. The topological polar surface area (TPSA) is 46.5 Å². The number of phenolic OH excluding ortho intramolecular Hbond substituents is 1. The van der Waals surface area contributed by atoms with E-state index in [1.807, 2.05) is 19.9 Å². The van der Waals surface area contributed by atoms with Crippen molar-refractivity contribution in [2.45, 2.75) is 110 Å². The van der Waals surface area contributed by atoms with Crippen LogP contribution in [-0.2, 0) is 10.2 Å². The van der Waals surface area contributed by atoms with E-state index >= 15 is 0 Å². The van der Waals surface area contributed by atoms with Crippen molar-refractivity contribution < 1.29 is 14.6 Å². The molecule has 1 aliphatic rings. The second-order valence-electron chi connectivity index (χ2n) is 9.10. The van der Waals surface area contributed by atoms with Gasteiger partial charge in [-0.15, -0.1) is 0 Å². The molecule has 1 unspecified atom stereocenters. The van der Waals surface area contributed by atoms with Crippen LogP contribution in [0.1, 0.15) is 109 Å². The molecular formula is C24H38O3. The quantitative estimate of drug-likeness (QED) is 0.492. The maximum atomic E-state index is 12.0. The lowest BCUT2D eigenvalue weighted by atomic mass is 9.77. The van der Waals surface area contributed by atoms with Gasteiger partial charge in [0.05, 0.1) is 6.10 Å². The van der Waals surface area contributed by atoms with Gasteiger partial charge in [-0.05, 0) is 62.1 Å². The molecule has 0 spiro atoms. The van der Waals surface area contributed by atoms with Crippen molar-refractivity contribution in [1.82, 2.24) is 0 Å². The summed E-state index contributed by atoms with van der Waals surface area (Å²) in [5.74, 6) is 1.43. The Kier molecular flexibility index (Phi) is 7.76. The highest BCUT2D eigenvalue weighted by Gasteiger charge is 2.30. The molecule has 1 aromatic carbocycles. The molecule has 1 N–H and O–H groups in total. The predicted octanol–water partition coefficient (Wildman–Crippen LogP) is 6.65. The first-order chi connectivity index (χ1) is 12.7. The number of hydrogen-bond donors (Lipinski definition) is 1. The van der Waals surface area contributed by atoms with Crippen LogP contribution in [0.15, 0.2) is 12.1 Å². The second-order valence-corrected chi connectivity index (χ2v) is 9.10. The van der Waals surface area contributed by atoms with Crippen LogP contribution in [0.5, 0.6) is 11.5 Å². The fourth-order valence-corrected chi connectivity index (χ4v) is 4.17. The van der Waals surface area contributed by atoms with E-state index in [1.165, 1.54) is 25.7 Å². The molecule has 27 heavy (non-hydrogen) atoms. The Morgan fingerprint density at radius 1 is 1.22 bits per heavy atom. The van der Waals surface area contributed by atoms with Gasteiger partial charge in [0.1, 0.15) is 17.3 Å². The molecule has 0 amide bonds. The highest BCUT2D eigenvalue weighted by molar-refractivity contribution is 5.80. The lowest BCUT2D eigenvalue weighted by Crippen LogP contribution is -2.20. The zero-order valence-electron chi connectivity index (χ0n) is 17.9. The van der Waals surface area contributed by atoms with Crippen LogP contribution in [0.4, 0.5) is 0 Å². The van der Waals surface area contributed by atoms with Crippen LogP contribution in [0, 0.1) is 0 Å². The summed E-state index contributed by atoms with van der Waals surface area (Å²) in [5, 5.41) is 10.9. The first kappa shape index (κ1) is 21.8. The molecule has 3 nitrogen and oxygen atoms in total. The fourth-order valence-electron chi connectivity index (χ4n) is 4.17. The van der Waals surface area contributed by atoms with Gasteiger partial charge in [-0.1, -0.05) is 46.5 Å². The minimum Gasteiger partial charge on any atom is -0.508 e. The van der Waals surface area contributed by atoms with Gasteiger partial charge in [0.15, 0.2) is 0 Å². The number of hydrogen-bond acceptors (Lipinski definition) is 3. The van der Waals surface area contributed by atoms with E-state index < -0.39 is 0 Å². The average molecular weight is 375 g/mol. The maximum absolute atomic E-state index is 12.0. The van der Waals surface area contributed by atoms with Crippen molar-refractivity contribution in [1.29, 1.82) is 0 Å². The van der Waals surface area contributed by atoms with Crippen LogP contribution in [0.3, 0.4) is 0 Å². The molecule has 2 rings (SSSR count). The van der Waals surface area contributed by atoms with Crippen molar-refractivity contribution >= 4 is 5.78 Å². The Morgan fingerprint density at radius 3 is 2.59 bits per heavy atom. The molecular weight excluding hydrogens is 336 g/mol. The lowest BCUT2D eigenvalue weighted by Gasteiger charge is -2.30. The number of Topliss-reactive ketones (excluding diaryl/α,β-unsaturated/α-hetero) is 1. The summed E-state index contributed by atoms with van der Waals surface area (Å²) in [4.78, 5) is 12.0. The highest BCUT2D eigenvalue weighted by Crippen LogP contribution is 2.45. The van der Waals surface area contributed by atoms with Gasteiger partial charge in [-0.3, -0.25) is 4.79 Å². The number of carbonyl (C=O) groups is 1.